The number of allylic oxidation sites excluding steroid dienone is 2. The number of rotatable bonds is 5. The van der Waals surface area contributed by atoms with Crippen molar-refractivity contribution in [1.29, 1.82) is 0 Å². The number of hydrogen-bond donors (Lipinski definition) is 2. The maximum absolute atomic E-state index is 11.9. The van der Waals surface area contributed by atoms with Crippen LogP contribution in [0.4, 0.5) is 0 Å². The van der Waals surface area contributed by atoms with Gasteiger partial charge in [0, 0.05) is 24.7 Å². The Balaban J connectivity index is 1.96. The number of hydrogen-bond acceptors (Lipinski definition) is 3. The SMILES string of the molecule is O=C(NC(Cc1ccncc1)C(=O)O)C1CC=CC1. The van der Waals surface area contributed by atoms with Gasteiger partial charge in [0.1, 0.15) is 6.04 Å². The molecule has 1 heterocycles. The lowest BCUT2D eigenvalue weighted by molar-refractivity contribution is -0.142. The van der Waals surface area contributed by atoms with Crippen molar-refractivity contribution in [2.45, 2.75) is 25.3 Å². The number of pyridine rings is 1. The van der Waals surface area contributed by atoms with Crippen molar-refractivity contribution in [3.63, 3.8) is 0 Å². The van der Waals surface area contributed by atoms with Crippen LogP contribution < -0.4 is 5.32 Å². The summed E-state index contributed by atoms with van der Waals surface area (Å²) in [6.07, 6.45) is 8.75. The van der Waals surface area contributed by atoms with E-state index in [2.05, 4.69) is 10.3 Å². The zero-order chi connectivity index (χ0) is 13.7. The van der Waals surface area contributed by atoms with Crippen molar-refractivity contribution < 1.29 is 14.7 Å². The predicted molar refractivity (Wildman–Crippen MR) is 69.4 cm³/mol. The Kier molecular flexibility index (Phi) is 4.28. The average Bonchev–Trinajstić information content (AvgIpc) is 2.93. The third-order valence-electron chi connectivity index (χ3n) is 3.18. The molecule has 0 saturated heterocycles. The van der Waals surface area contributed by atoms with E-state index in [0.717, 1.165) is 5.56 Å². The molecule has 100 valence electrons. The highest BCUT2D eigenvalue weighted by Gasteiger charge is 2.25. The van der Waals surface area contributed by atoms with Gasteiger partial charge in [0.2, 0.25) is 5.91 Å². The molecule has 1 aliphatic rings. The highest BCUT2D eigenvalue weighted by molar-refractivity contribution is 5.85. The largest absolute Gasteiger partial charge is 0.480 e. The van der Waals surface area contributed by atoms with Crippen LogP contribution in [0.3, 0.4) is 0 Å². The summed E-state index contributed by atoms with van der Waals surface area (Å²) in [6.45, 7) is 0. The number of nitrogens with zero attached hydrogens (tertiary/aromatic N) is 1. The maximum atomic E-state index is 11.9. The van der Waals surface area contributed by atoms with E-state index in [1.54, 1.807) is 24.5 Å². The van der Waals surface area contributed by atoms with Gasteiger partial charge in [-0.1, -0.05) is 12.2 Å². The summed E-state index contributed by atoms with van der Waals surface area (Å²) >= 11 is 0. The smallest absolute Gasteiger partial charge is 0.326 e. The minimum absolute atomic E-state index is 0.126. The molecule has 1 atom stereocenters. The first-order valence-electron chi connectivity index (χ1n) is 6.24. The second kappa shape index (κ2) is 6.13. The number of carboxylic acids is 1. The van der Waals surface area contributed by atoms with Crippen molar-refractivity contribution in [2.75, 3.05) is 0 Å². The summed E-state index contributed by atoms with van der Waals surface area (Å²) in [4.78, 5) is 27.0. The van der Waals surface area contributed by atoms with Gasteiger partial charge in [-0.3, -0.25) is 9.78 Å². The maximum Gasteiger partial charge on any atom is 0.326 e. The normalized spacial score (nSPS) is 16.2. The lowest BCUT2D eigenvalue weighted by Crippen LogP contribution is -2.44. The van der Waals surface area contributed by atoms with Crippen LogP contribution in [0.2, 0.25) is 0 Å². The molecule has 0 aromatic carbocycles. The molecule has 2 rings (SSSR count). The van der Waals surface area contributed by atoms with Gasteiger partial charge in [0.05, 0.1) is 0 Å². The van der Waals surface area contributed by atoms with E-state index >= 15 is 0 Å². The van der Waals surface area contributed by atoms with Crippen molar-refractivity contribution in [2.24, 2.45) is 5.92 Å². The Labute approximate surface area is 111 Å². The van der Waals surface area contributed by atoms with Crippen molar-refractivity contribution in [1.82, 2.24) is 10.3 Å². The molecule has 1 amide bonds. The second-order valence-corrected chi connectivity index (χ2v) is 4.60. The van der Waals surface area contributed by atoms with Crippen LogP contribution in [0.15, 0.2) is 36.7 Å². The highest BCUT2D eigenvalue weighted by Crippen LogP contribution is 2.18. The standard InChI is InChI=1S/C14H16N2O3/c17-13(11-3-1-2-4-11)16-12(14(18)19)9-10-5-7-15-8-6-10/h1-2,5-8,11-12H,3-4,9H2,(H,16,17)(H,18,19). The van der Waals surface area contributed by atoms with Crippen LogP contribution in [-0.4, -0.2) is 28.0 Å². The molecule has 0 bridgehead atoms. The molecular weight excluding hydrogens is 244 g/mol. The van der Waals surface area contributed by atoms with Crippen LogP contribution >= 0.6 is 0 Å². The molecule has 5 nitrogen and oxygen atoms in total. The molecule has 0 radical (unpaired) electrons. The molecule has 1 aliphatic carbocycles. The van der Waals surface area contributed by atoms with Crippen molar-refractivity contribution in [3.05, 3.63) is 42.2 Å². The van der Waals surface area contributed by atoms with Gasteiger partial charge in [-0.05, 0) is 30.5 Å². The molecule has 0 aliphatic heterocycles. The van der Waals surface area contributed by atoms with Crippen LogP contribution in [0.5, 0.6) is 0 Å². The predicted octanol–water partition coefficient (Wildman–Crippen LogP) is 1.16. The summed E-state index contributed by atoms with van der Waals surface area (Å²) in [6, 6.07) is 2.61. The van der Waals surface area contributed by atoms with Gasteiger partial charge < -0.3 is 10.4 Å². The van der Waals surface area contributed by atoms with Crippen LogP contribution in [-0.2, 0) is 16.0 Å². The Morgan fingerprint density at radius 3 is 2.53 bits per heavy atom. The number of nitrogens with one attached hydrogen (secondary N) is 1. The van der Waals surface area contributed by atoms with E-state index in [-0.39, 0.29) is 18.2 Å². The van der Waals surface area contributed by atoms with E-state index in [1.165, 1.54) is 0 Å². The Bertz CT molecular complexity index is 477. The van der Waals surface area contributed by atoms with Crippen LogP contribution in [0.25, 0.3) is 0 Å². The molecule has 5 heteroatoms. The zero-order valence-corrected chi connectivity index (χ0v) is 10.5. The number of aliphatic carboxylic acids is 1. The molecule has 0 saturated carbocycles. The Hall–Kier alpha value is -2.17. The number of amides is 1. The zero-order valence-electron chi connectivity index (χ0n) is 10.5. The lowest BCUT2D eigenvalue weighted by atomic mass is 10.0. The fourth-order valence-corrected chi connectivity index (χ4v) is 2.08. The summed E-state index contributed by atoms with van der Waals surface area (Å²) in [5.74, 6) is -1.33. The highest BCUT2D eigenvalue weighted by atomic mass is 16.4. The third kappa shape index (κ3) is 3.64. The summed E-state index contributed by atoms with van der Waals surface area (Å²) in [5, 5.41) is 11.8. The second-order valence-electron chi connectivity index (χ2n) is 4.60. The molecule has 1 unspecified atom stereocenters. The minimum Gasteiger partial charge on any atom is -0.480 e. The molecule has 1 aromatic heterocycles. The first-order valence-corrected chi connectivity index (χ1v) is 6.24. The van der Waals surface area contributed by atoms with Gasteiger partial charge in [0.15, 0.2) is 0 Å². The Morgan fingerprint density at radius 1 is 1.32 bits per heavy atom. The third-order valence-corrected chi connectivity index (χ3v) is 3.18. The first kappa shape index (κ1) is 13.3. The van der Waals surface area contributed by atoms with Gasteiger partial charge in [-0.2, -0.15) is 0 Å². The summed E-state index contributed by atoms with van der Waals surface area (Å²) in [7, 11) is 0. The van der Waals surface area contributed by atoms with Crippen molar-refractivity contribution >= 4 is 11.9 Å². The van der Waals surface area contributed by atoms with Crippen LogP contribution in [0.1, 0.15) is 18.4 Å². The topological polar surface area (TPSA) is 79.3 Å². The van der Waals surface area contributed by atoms with E-state index in [0.29, 0.717) is 12.8 Å². The number of aromatic nitrogens is 1. The van der Waals surface area contributed by atoms with E-state index in [1.807, 2.05) is 12.2 Å². The molecule has 0 fully saturated rings. The first-order chi connectivity index (χ1) is 9.16. The summed E-state index contributed by atoms with van der Waals surface area (Å²) in [5.41, 5.74) is 0.840. The van der Waals surface area contributed by atoms with Crippen LogP contribution in [0, 0.1) is 5.92 Å². The quantitative estimate of drug-likeness (QED) is 0.779. The van der Waals surface area contributed by atoms with Crippen molar-refractivity contribution in [3.8, 4) is 0 Å². The van der Waals surface area contributed by atoms with E-state index in [4.69, 9.17) is 0 Å². The molecule has 1 aromatic rings. The number of carbonyl (C=O) groups excluding carboxylic acids is 1. The van der Waals surface area contributed by atoms with E-state index < -0.39 is 12.0 Å². The van der Waals surface area contributed by atoms with E-state index in [9.17, 15) is 14.7 Å². The average molecular weight is 260 g/mol. The van der Waals surface area contributed by atoms with Gasteiger partial charge >= 0.3 is 5.97 Å². The van der Waals surface area contributed by atoms with Gasteiger partial charge in [-0.15, -0.1) is 0 Å². The minimum atomic E-state index is -1.02. The summed E-state index contributed by atoms with van der Waals surface area (Å²) < 4.78 is 0. The molecule has 2 N–H and O–H groups in total. The molecule has 19 heavy (non-hydrogen) atoms. The Morgan fingerprint density at radius 2 is 1.95 bits per heavy atom. The fraction of sp³-hybridized carbons (Fsp3) is 0.357. The van der Waals surface area contributed by atoms with Gasteiger partial charge in [-0.25, -0.2) is 4.79 Å². The molecule has 0 spiro atoms. The van der Waals surface area contributed by atoms with Gasteiger partial charge in [0.25, 0.3) is 0 Å². The number of carboxylic acid groups (broad SMARTS) is 1. The molecular formula is C14H16N2O3. The number of carbonyl (C=O) groups is 2. The monoisotopic (exact) mass is 260 g/mol. The fourth-order valence-electron chi connectivity index (χ4n) is 2.08. The lowest BCUT2D eigenvalue weighted by Gasteiger charge is -2.17.